The van der Waals surface area contributed by atoms with E-state index in [9.17, 15) is 0 Å². The normalized spacial score (nSPS) is 13.1. The minimum absolute atomic E-state index is 0.315. The van der Waals surface area contributed by atoms with E-state index in [2.05, 4.69) is 4.98 Å². The zero-order valence-electron chi connectivity index (χ0n) is 7.27. The largest absolute Gasteiger partial charge is 0.454 e. The quantitative estimate of drug-likeness (QED) is 0.717. The SMILES string of the molecule is c1nc(-c2ccc3c(c2)OCO3)cs1. The van der Waals surface area contributed by atoms with Crippen LogP contribution < -0.4 is 9.47 Å². The van der Waals surface area contributed by atoms with Crippen LogP contribution in [-0.4, -0.2) is 11.8 Å². The molecule has 0 bridgehead atoms. The molecule has 0 aliphatic carbocycles. The molecule has 70 valence electrons. The summed E-state index contributed by atoms with van der Waals surface area (Å²) >= 11 is 1.58. The van der Waals surface area contributed by atoms with Crippen molar-refractivity contribution in [2.24, 2.45) is 0 Å². The predicted octanol–water partition coefficient (Wildman–Crippen LogP) is 2.54. The molecule has 0 saturated carbocycles. The van der Waals surface area contributed by atoms with Crippen LogP contribution in [0.15, 0.2) is 29.1 Å². The first kappa shape index (κ1) is 7.82. The average molecular weight is 205 g/mol. The van der Waals surface area contributed by atoms with Crippen molar-refractivity contribution in [1.82, 2.24) is 4.98 Å². The molecule has 0 N–H and O–H groups in total. The van der Waals surface area contributed by atoms with Gasteiger partial charge in [0.2, 0.25) is 6.79 Å². The zero-order chi connectivity index (χ0) is 9.38. The van der Waals surface area contributed by atoms with Gasteiger partial charge in [0.15, 0.2) is 11.5 Å². The summed E-state index contributed by atoms with van der Waals surface area (Å²) in [6.45, 7) is 0.315. The maximum Gasteiger partial charge on any atom is 0.231 e. The molecule has 0 spiro atoms. The van der Waals surface area contributed by atoms with Gasteiger partial charge >= 0.3 is 0 Å². The highest BCUT2D eigenvalue weighted by Crippen LogP contribution is 2.35. The van der Waals surface area contributed by atoms with Crippen molar-refractivity contribution in [3.63, 3.8) is 0 Å². The van der Waals surface area contributed by atoms with Crippen molar-refractivity contribution in [3.8, 4) is 22.8 Å². The van der Waals surface area contributed by atoms with E-state index in [0.717, 1.165) is 22.8 Å². The van der Waals surface area contributed by atoms with Crippen molar-refractivity contribution >= 4 is 11.3 Å². The van der Waals surface area contributed by atoms with Crippen LogP contribution in [0.2, 0.25) is 0 Å². The van der Waals surface area contributed by atoms with Gasteiger partial charge in [-0.05, 0) is 18.2 Å². The summed E-state index contributed by atoms with van der Waals surface area (Å²) in [5, 5.41) is 2.01. The monoisotopic (exact) mass is 205 g/mol. The van der Waals surface area contributed by atoms with E-state index in [1.165, 1.54) is 0 Å². The highest BCUT2D eigenvalue weighted by atomic mass is 32.1. The summed E-state index contributed by atoms with van der Waals surface area (Å²) in [6, 6.07) is 5.86. The summed E-state index contributed by atoms with van der Waals surface area (Å²) in [4.78, 5) is 4.23. The van der Waals surface area contributed by atoms with Crippen molar-refractivity contribution in [2.75, 3.05) is 6.79 Å². The van der Waals surface area contributed by atoms with Crippen LogP contribution in [0, 0.1) is 0 Å². The van der Waals surface area contributed by atoms with E-state index < -0.39 is 0 Å². The Bertz CT molecular complexity index is 453. The maximum absolute atomic E-state index is 5.29. The number of hydrogen-bond donors (Lipinski definition) is 0. The molecule has 14 heavy (non-hydrogen) atoms. The lowest BCUT2D eigenvalue weighted by molar-refractivity contribution is 0.174. The van der Waals surface area contributed by atoms with Crippen LogP contribution in [0.5, 0.6) is 11.5 Å². The lowest BCUT2D eigenvalue weighted by Crippen LogP contribution is -1.92. The Hall–Kier alpha value is -1.55. The Kier molecular flexibility index (Phi) is 1.67. The Labute approximate surface area is 84.9 Å². The molecular formula is C10H7NO2S. The van der Waals surface area contributed by atoms with Crippen LogP contribution in [0.25, 0.3) is 11.3 Å². The van der Waals surface area contributed by atoms with E-state index >= 15 is 0 Å². The van der Waals surface area contributed by atoms with Gasteiger partial charge in [-0.25, -0.2) is 4.98 Å². The fourth-order valence-electron chi connectivity index (χ4n) is 1.41. The highest BCUT2D eigenvalue weighted by molar-refractivity contribution is 7.07. The molecule has 0 fully saturated rings. The molecule has 3 rings (SSSR count). The Morgan fingerprint density at radius 2 is 2.14 bits per heavy atom. The van der Waals surface area contributed by atoms with Crippen LogP contribution in [-0.2, 0) is 0 Å². The lowest BCUT2D eigenvalue weighted by Gasteiger charge is -1.98. The molecule has 1 aromatic heterocycles. The average Bonchev–Trinajstić information content (AvgIpc) is 2.88. The van der Waals surface area contributed by atoms with Gasteiger partial charge in [-0.1, -0.05) is 0 Å². The van der Waals surface area contributed by atoms with Crippen molar-refractivity contribution in [2.45, 2.75) is 0 Å². The molecule has 4 heteroatoms. The number of thiazole rings is 1. The second-order valence-corrected chi connectivity index (χ2v) is 3.66. The van der Waals surface area contributed by atoms with Crippen molar-refractivity contribution in [3.05, 3.63) is 29.1 Å². The summed E-state index contributed by atoms with van der Waals surface area (Å²) in [7, 11) is 0. The van der Waals surface area contributed by atoms with Gasteiger partial charge in [0.1, 0.15) is 0 Å². The van der Waals surface area contributed by atoms with E-state index in [4.69, 9.17) is 9.47 Å². The molecule has 0 radical (unpaired) electrons. The Morgan fingerprint density at radius 1 is 1.21 bits per heavy atom. The van der Waals surface area contributed by atoms with Gasteiger partial charge in [0.25, 0.3) is 0 Å². The number of ether oxygens (including phenoxy) is 2. The molecule has 0 atom stereocenters. The first-order valence-electron chi connectivity index (χ1n) is 4.22. The minimum Gasteiger partial charge on any atom is -0.454 e. The van der Waals surface area contributed by atoms with Crippen LogP contribution >= 0.6 is 11.3 Å². The molecule has 1 aromatic carbocycles. The van der Waals surface area contributed by atoms with E-state index in [1.807, 2.05) is 29.1 Å². The first-order valence-corrected chi connectivity index (χ1v) is 5.16. The second-order valence-electron chi connectivity index (χ2n) is 2.94. The van der Waals surface area contributed by atoms with Gasteiger partial charge in [-0.15, -0.1) is 11.3 Å². The highest BCUT2D eigenvalue weighted by Gasteiger charge is 2.13. The fourth-order valence-corrected chi connectivity index (χ4v) is 1.97. The van der Waals surface area contributed by atoms with Crippen molar-refractivity contribution < 1.29 is 9.47 Å². The van der Waals surface area contributed by atoms with Gasteiger partial charge in [0, 0.05) is 10.9 Å². The van der Waals surface area contributed by atoms with Crippen LogP contribution in [0.3, 0.4) is 0 Å². The van der Waals surface area contributed by atoms with Gasteiger partial charge < -0.3 is 9.47 Å². The number of rotatable bonds is 1. The standard InChI is InChI=1S/C10H7NO2S/c1-2-9-10(13-6-12-9)3-7(1)8-4-14-5-11-8/h1-5H,6H2. The topological polar surface area (TPSA) is 31.4 Å². The fraction of sp³-hybridized carbons (Fsp3) is 0.100. The Balaban J connectivity index is 2.09. The molecule has 0 amide bonds. The molecule has 2 aromatic rings. The van der Waals surface area contributed by atoms with E-state index in [1.54, 1.807) is 11.3 Å². The molecule has 3 nitrogen and oxygen atoms in total. The van der Waals surface area contributed by atoms with E-state index in [0.29, 0.717) is 6.79 Å². The summed E-state index contributed by atoms with van der Waals surface area (Å²) in [6.07, 6.45) is 0. The van der Waals surface area contributed by atoms with Crippen LogP contribution in [0.4, 0.5) is 0 Å². The maximum atomic E-state index is 5.29. The lowest BCUT2D eigenvalue weighted by atomic mass is 10.1. The van der Waals surface area contributed by atoms with Crippen molar-refractivity contribution in [1.29, 1.82) is 0 Å². The third-order valence-corrected chi connectivity index (χ3v) is 2.69. The first-order chi connectivity index (χ1) is 6.93. The van der Waals surface area contributed by atoms with Gasteiger partial charge in [0.05, 0.1) is 11.2 Å². The molecule has 1 aliphatic rings. The third-order valence-electron chi connectivity index (χ3n) is 2.10. The summed E-state index contributed by atoms with van der Waals surface area (Å²) in [5.41, 5.74) is 3.86. The smallest absolute Gasteiger partial charge is 0.231 e. The van der Waals surface area contributed by atoms with Gasteiger partial charge in [-0.2, -0.15) is 0 Å². The third kappa shape index (κ3) is 1.15. The molecule has 1 aliphatic heterocycles. The molecule has 0 saturated heterocycles. The predicted molar refractivity (Wildman–Crippen MR) is 53.7 cm³/mol. The zero-order valence-corrected chi connectivity index (χ0v) is 8.08. The molecule has 2 heterocycles. The molecule has 0 unspecified atom stereocenters. The number of aromatic nitrogens is 1. The number of hydrogen-bond acceptors (Lipinski definition) is 4. The minimum atomic E-state index is 0.315. The van der Waals surface area contributed by atoms with Crippen LogP contribution in [0.1, 0.15) is 0 Å². The molecular weight excluding hydrogens is 198 g/mol. The number of fused-ring (bicyclic) bond motifs is 1. The number of nitrogens with zero attached hydrogens (tertiary/aromatic N) is 1. The van der Waals surface area contributed by atoms with Gasteiger partial charge in [-0.3, -0.25) is 0 Å². The van der Waals surface area contributed by atoms with E-state index in [-0.39, 0.29) is 0 Å². The Morgan fingerprint density at radius 3 is 3.00 bits per heavy atom. The summed E-state index contributed by atoms with van der Waals surface area (Å²) < 4.78 is 10.5. The number of benzene rings is 1. The second kappa shape index (κ2) is 2.99. The summed E-state index contributed by atoms with van der Waals surface area (Å²) in [5.74, 6) is 1.61.